The molecule has 0 aromatic heterocycles. The van der Waals surface area contributed by atoms with Gasteiger partial charge in [0.1, 0.15) is 0 Å². The third-order valence-corrected chi connectivity index (χ3v) is 10.3. The van der Waals surface area contributed by atoms with Crippen molar-refractivity contribution in [2.75, 3.05) is 0 Å². The van der Waals surface area contributed by atoms with Crippen LogP contribution in [0.2, 0.25) is 0 Å². The molecule has 0 fully saturated rings. The first kappa shape index (κ1) is 68.1. The Hall–Kier alpha value is -2.92. The van der Waals surface area contributed by atoms with Crippen LogP contribution in [0, 0.1) is 0 Å². The summed E-state index contributed by atoms with van der Waals surface area (Å²) in [6.07, 6.45) is -161. The molecule has 0 heterocycles. The molecule has 0 saturated heterocycles. The van der Waals surface area contributed by atoms with Gasteiger partial charge >= 0.3 is 349 Å². The Bertz CT molecular complexity index is 1350. The van der Waals surface area contributed by atoms with Crippen molar-refractivity contribution in [2.45, 2.75) is 121 Å². The van der Waals surface area contributed by atoms with Crippen molar-refractivity contribution in [2.24, 2.45) is 0 Å². The van der Waals surface area contributed by atoms with Crippen LogP contribution < -0.4 is 0 Å². The van der Waals surface area contributed by atoms with Gasteiger partial charge in [0.2, 0.25) is 0 Å². The summed E-state index contributed by atoms with van der Waals surface area (Å²) in [5.41, 5.74) is -57.6. The van der Waals surface area contributed by atoms with Crippen LogP contribution in [0.5, 0.6) is 0 Å². The zero-order valence-electron chi connectivity index (χ0n) is 29.5. The van der Waals surface area contributed by atoms with E-state index in [0.29, 0.717) is 0 Å². The van der Waals surface area contributed by atoms with Crippen molar-refractivity contribution in [3.05, 3.63) is 0 Å². The van der Waals surface area contributed by atoms with Gasteiger partial charge < -0.3 is 0 Å². The quantitative estimate of drug-likeness (QED) is 0.161. The van der Waals surface area contributed by atoms with Crippen LogP contribution in [0.3, 0.4) is 0 Å². The minimum atomic E-state index is -17.1. The van der Waals surface area contributed by atoms with E-state index in [-0.39, 0.29) is 22.6 Å². The molecule has 5 nitrogen and oxygen atoms in total. The van der Waals surface area contributed by atoms with E-state index in [4.69, 9.17) is 0 Å². The van der Waals surface area contributed by atoms with E-state index >= 15 is 0 Å². The number of hydrogen-bond acceptors (Lipinski definition) is 5. The summed E-state index contributed by atoms with van der Waals surface area (Å²) in [5.74, 6) is 0. The third kappa shape index (κ3) is 10.2. The number of hydrogen-bond donors (Lipinski definition) is 0. The fraction of sp³-hybridized carbons (Fsp3) is 1.00. The van der Waals surface area contributed by atoms with Gasteiger partial charge in [0, 0.05) is 0 Å². The van der Waals surface area contributed by atoms with Crippen LogP contribution in [-0.2, 0) is 22.6 Å². The summed E-state index contributed by atoms with van der Waals surface area (Å²) in [5, 5.41) is 0. The van der Waals surface area contributed by atoms with Crippen molar-refractivity contribution in [1.29, 1.82) is 0 Å². The molecule has 0 aliphatic rings. The topological polar surface area (TPSA) is 46.2 Å². The summed E-state index contributed by atoms with van der Waals surface area (Å²) in [6, 6.07) is 0. The Morgan fingerprint density at radius 2 is 0.183 bits per heavy atom. The zero-order chi connectivity index (χ0) is 59.0. The van der Waals surface area contributed by atoms with Crippen molar-refractivity contribution in [3.8, 4) is 0 Å². The second-order valence-electron chi connectivity index (χ2n) is 12.1. The van der Waals surface area contributed by atoms with Gasteiger partial charge in [0.05, 0.1) is 0 Å². The Morgan fingerprint density at radius 3 is 0.225 bits per heavy atom. The van der Waals surface area contributed by atoms with Gasteiger partial charge in [0.15, 0.2) is 0 Å². The fourth-order valence-electron chi connectivity index (χ4n) is 4.49. The molecule has 0 unspecified atom stereocenters. The molecule has 0 aliphatic carbocycles. The molecular formula is C20F45O5P. The molecule has 0 radical (unpaired) electrons. The molecule has 0 spiro atoms. The molecule has 51 heteroatoms. The Morgan fingerprint density at radius 1 is 0.127 bits per heavy atom. The fourth-order valence-corrected chi connectivity index (χ4v) is 8.65. The summed E-state index contributed by atoms with van der Waals surface area (Å²) >= 11 is 0. The van der Waals surface area contributed by atoms with E-state index in [1.807, 2.05) is 0 Å². The molecule has 0 bridgehead atoms. The zero-order valence-corrected chi connectivity index (χ0v) is 30.4. The standard InChI is InChI=1S/C20F45O5P/c21-6(22,23)1(7(24,25)26,8(27,28)29)66-71(67-2(9(30,31)32,10(33,34)35)11(36,37)38,68-3(12(39,40)41,13(42,43)44)14(45,46)47,69-4(15(48,49)50,16(51,52)53)17(54,55)56)70-5(18(57,58)59,19(60,61)62)20(63,64)65. The molecule has 0 atom stereocenters. The molecule has 0 N–H and O–H groups in total. The first-order chi connectivity index (χ1) is 29.6. The van der Waals surface area contributed by atoms with Crippen LogP contribution in [0.4, 0.5) is 198 Å². The van der Waals surface area contributed by atoms with E-state index < -0.39 is 128 Å². The van der Waals surface area contributed by atoms with E-state index in [1.54, 1.807) is 0 Å². The van der Waals surface area contributed by atoms with Crippen LogP contribution in [0.25, 0.3) is 0 Å². The molecule has 71 heavy (non-hydrogen) atoms. The van der Waals surface area contributed by atoms with Crippen LogP contribution in [0.1, 0.15) is 0 Å². The Kier molecular flexibility index (Phi) is 16.1. The monoisotopic (exact) mass is 1210 g/mol. The summed E-state index contributed by atoms with van der Waals surface area (Å²) in [4.78, 5) is 0. The van der Waals surface area contributed by atoms with Crippen LogP contribution in [-0.4, -0.2) is 121 Å². The molecule has 0 aromatic carbocycles. The molecule has 0 saturated carbocycles. The second kappa shape index (κ2) is 16.8. The van der Waals surface area contributed by atoms with E-state index in [0.717, 1.165) is 0 Å². The summed E-state index contributed by atoms with van der Waals surface area (Å²) < 4.78 is 638. The second-order valence-corrected chi connectivity index (χ2v) is 14.5. The average molecular weight is 1210 g/mol. The van der Waals surface area contributed by atoms with Crippen molar-refractivity contribution in [3.63, 3.8) is 0 Å². The molecular weight excluding hydrogens is 1210 g/mol. The molecule has 0 aliphatic heterocycles. The van der Waals surface area contributed by atoms with Crippen LogP contribution >= 0.6 is 7.74 Å². The van der Waals surface area contributed by atoms with Crippen molar-refractivity contribution < 1.29 is 220 Å². The van der Waals surface area contributed by atoms with Gasteiger partial charge in [-0.25, -0.2) is 0 Å². The van der Waals surface area contributed by atoms with E-state index in [9.17, 15) is 198 Å². The Labute approximate surface area is 350 Å². The number of halogens is 45. The predicted molar refractivity (Wildman–Crippen MR) is 117 cm³/mol. The summed E-state index contributed by atoms with van der Waals surface area (Å²) in [6.45, 7) is 0. The molecule has 0 rings (SSSR count). The van der Waals surface area contributed by atoms with Gasteiger partial charge in [-0.2, -0.15) is 0 Å². The maximum absolute atomic E-state index is 17.1. The minimum absolute atomic E-state index is 0.138. The van der Waals surface area contributed by atoms with Crippen molar-refractivity contribution in [1.82, 2.24) is 0 Å². The Balaban J connectivity index is 12.9. The maximum atomic E-state index is 14.2. The SMILES string of the molecule is FC(F)(F)C(OP(OC(C(F)(F)F)(C(F)(F)F)C(F)(F)F)(OC(C(F)(F)F)(C(F)(F)F)C(F)(F)F)(OC(C(F)(F)F)(C(F)(F)F)C(F)(F)F)OC(C(F)(F)F)(C(F)(F)F)C(F)(F)F)(C(F)(F)F)C(F)(F)F. The van der Waals surface area contributed by atoms with Gasteiger partial charge in [-0.3, -0.25) is 0 Å². The normalized spacial score (nSPS) is 17.7. The third-order valence-electron chi connectivity index (χ3n) is 7.42. The molecule has 430 valence electrons. The predicted octanol–water partition coefficient (Wildman–Crippen LogP) is 15.3. The van der Waals surface area contributed by atoms with Gasteiger partial charge in [-0.15, -0.1) is 0 Å². The first-order valence-corrected chi connectivity index (χ1v) is 16.0. The average Bonchev–Trinajstić information content (AvgIpc) is 2.94. The first-order valence-electron chi connectivity index (χ1n) is 14.2. The molecule has 0 amide bonds. The van der Waals surface area contributed by atoms with E-state index in [2.05, 4.69) is 0 Å². The van der Waals surface area contributed by atoms with Gasteiger partial charge in [-0.1, -0.05) is 0 Å². The van der Waals surface area contributed by atoms with Gasteiger partial charge in [-0.05, 0) is 0 Å². The molecule has 0 aromatic rings. The van der Waals surface area contributed by atoms with E-state index in [1.165, 1.54) is 0 Å². The number of alkyl halides is 45. The summed E-state index contributed by atoms with van der Waals surface area (Å²) in [7, 11) is -17.1. The van der Waals surface area contributed by atoms with Crippen LogP contribution in [0.15, 0.2) is 0 Å². The van der Waals surface area contributed by atoms with Crippen molar-refractivity contribution >= 4 is 7.74 Å². The van der Waals surface area contributed by atoms with Gasteiger partial charge in [0.25, 0.3) is 0 Å². The number of rotatable bonds is 10.